The maximum Gasteiger partial charge on any atom is 0.203 e. The van der Waals surface area contributed by atoms with Crippen LogP contribution < -0.4 is 19.5 Å². The van der Waals surface area contributed by atoms with Crippen LogP contribution in [0.15, 0.2) is 17.1 Å². The molecule has 0 saturated carbocycles. The number of rotatable bonds is 12. The summed E-state index contributed by atoms with van der Waals surface area (Å²) in [6.45, 7) is 7.42. The molecule has 1 aromatic carbocycles. The summed E-state index contributed by atoms with van der Waals surface area (Å²) in [4.78, 5) is 9.17. The number of piperazine rings is 1. The van der Waals surface area contributed by atoms with E-state index in [1.54, 1.807) is 28.4 Å². The number of ether oxygens (including phenoxy) is 5. The van der Waals surface area contributed by atoms with Crippen molar-refractivity contribution >= 4 is 5.96 Å². The van der Waals surface area contributed by atoms with Gasteiger partial charge in [-0.1, -0.05) is 0 Å². The molecular weight excluding hydrogens is 400 g/mol. The van der Waals surface area contributed by atoms with Crippen LogP contribution >= 0.6 is 0 Å². The molecule has 0 atom stereocenters. The van der Waals surface area contributed by atoms with Gasteiger partial charge in [-0.3, -0.25) is 9.89 Å². The second-order valence-corrected chi connectivity index (χ2v) is 7.23. The molecule has 0 amide bonds. The minimum absolute atomic E-state index is 0.623. The molecule has 9 nitrogen and oxygen atoms in total. The lowest BCUT2D eigenvalue weighted by molar-refractivity contribution is 0.0697. The maximum absolute atomic E-state index is 5.50. The normalized spacial score (nSPS) is 15.1. The van der Waals surface area contributed by atoms with Gasteiger partial charge in [0.15, 0.2) is 17.5 Å². The molecule has 9 heteroatoms. The molecule has 176 valence electrons. The lowest BCUT2D eigenvalue weighted by atomic mass is 10.1. The third-order valence-corrected chi connectivity index (χ3v) is 5.19. The van der Waals surface area contributed by atoms with Crippen molar-refractivity contribution in [3.63, 3.8) is 0 Å². The fourth-order valence-corrected chi connectivity index (χ4v) is 3.55. The Morgan fingerprint density at radius 1 is 0.935 bits per heavy atom. The molecular formula is C22H38N4O5. The first-order chi connectivity index (χ1) is 15.2. The van der Waals surface area contributed by atoms with Crippen LogP contribution in [-0.2, 0) is 16.0 Å². The van der Waals surface area contributed by atoms with Crippen LogP contribution in [0.25, 0.3) is 0 Å². The molecule has 0 bridgehead atoms. The SMILES string of the molecule is CN=C(NCCCOCCOC)N1CCN(Cc2cc(OC)c(OC)c(OC)c2)CC1. The molecule has 1 fully saturated rings. The minimum atomic E-state index is 0.623. The molecule has 1 saturated heterocycles. The van der Waals surface area contributed by atoms with Crippen molar-refractivity contribution in [2.75, 3.05) is 88.0 Å². The summed E-state index contributed by atoms with van der Waals surface area (Å²) in [5.41, 5.74) is 1.14. The Labute approximate surface area is 186 Å². The van der Waals surface area contributed by atoms with Crippen molar-refractivity contribution < 1.29 is 23.7 Å². The fourth-order valence-electron chi connectivity index (χ4n) is 3.55. The van der Waals surface area contributed by atoms with E-state index in [1.165, 1.54) is 0 Å². The first-order valence-corrected chi connectivity index (χ1v) is 10.7. The molecule has 1 aliphatic heterocycles. The quantitative estimate of drug-likeness (QED) is 0.299. The third-order valence-electron chi connectivity index (χ3n) is 5.19. The Balaban J connectivity index is 1.80. The molecule has 0 radical (unpaired) electrons. The van der Waals surface area contributed by atoms with E-state index < -0.39 is 0 Å². The van der Waals surface area contributed by atoms with Gasteiger partial charge in [0.25, 0.3) is 0 Å². The highest BCUT2D eigenvalue weighted by atomic mass is 16.5. The van der Waals surface area contributed by atoms with Gasteiger partial charge in [-0.05, 0) is 24.1 Å². The van der Waals surface area contributed by atoms with Crippen molar-refractivity contribution in [3.8, 4) is 17.2 Å². The molecule has 0 aliphatic carbocycles. The van der Waals surface area contributed by atoms with E-state index in [0.717, 1.165) is 63.8 Å². The average Bonchev–Trinajstić information content (AvgIpc) is 2.81. The summed E-state index contributed by atoms with van der Waals surface area (Å²) in [6.07, 6.45) is 0.934. The Kier molecular flexibility index (Phi) is 11.3. The summed E-state index contributed by atoms with van der Waals surface area (Å²) in [6, 6.07) is 4.03. The fraction of sp³-hybridized carbons (Fsp3) is 0.682. The van der Waals surface area contributed by atoms with Gasteiger partial charge in [-0.2, -0.15) is 0 Å². The maximum atomic E-state index is 5.50. The average molecular weight is 439 g/mol. The Hall–Kier alpha value is -2.23. The van der Waals surface area contributed by atoms with Gasteiger partial charge in [-0.25, -0.2) is 0 Å². The van der Waals surface area contributed by atoms with Crippen LogP contribution in [0.2, 0.25) is 0 Å². The number of methoxy groups -OCH3 is 4. The van der Waals surface area contributed by atoms with Gasteiger partial charge in [0.05, 0.1) is 34.5 Å². The second-order valence-electron chi connectivity index (χ2n) is 7.23. The zero-order valence-corrected chi connectivity index (χ0v) is 19.6. The Bertz CT molecular complexity index is 653. The summed E-state index contributed by atoms with van der Waals surface area (Å²) >= 11 is 0. The second kappa shape index (κ2) is 14.0. The molecule has 1 aliphatic rings. The molecule has 1 heterocycles. The van der Waals surface area contributed by atoms with E-state index in [0.29, 0.717) is 30.5 Å². The number of hydrogen-bond acceptors (Lipinski definition) is 7. The van der Waals surface area contributed by atoms with Crippen LogP contribution in [0.4, 0.5) is 0 Å². The van der Waals surface area contributed by atoms with Crippen LogP contribution in [-0.4, -0.2) is 104 Å². The number of benzene rings is 1. The van der Waals surface area contributed by atoms with E-state index in [1.807, 2.05) is 19.2 Å². The summed E-state index contributed by atoms with van der Waals surface area (Å²) < 4.78 is 26.8. The number of nitrogens with one attached hydrogen (secondary N) is 1. The Morgan fingerprint density at radius 2 is 1.61 bits per heavy atom. The summed E-state index contributed by atoms with van der Waals surface area (Å²) in [5.74, 6) is 2.94. The summed E-state index contributed by atoms with van der Waals surface area (Å²) in [7, 11) is 8.42. The van der Waals surface area contributed by atoms with E-state index in [-0.39, 0.29) is 0 Å². The first kappa shape index (κ1) is 25.0. The van der Waals surface area contributed by atoms with Gasteiger partial charge in [-0.15, -0.1) is 0 Å². The third kappa shape index (κ3) is 7.75. The number of nitrogens with zero attached hydrogens (tertiary/aromatic N) is 3. The molecule has 0 unspecified atom stereocenters. The number of guanidine groups is 1. The number of hydrogen-bond donors (Lipinski definition) is 1. The van der Waals surface area contributed by atoms with Crippen molar-refractivity contribution in [2.24, 2.45) is 4.99 Å². The zero-order chi connectivity index (χ0) is 22.5. The van der Waals surface area contributed by atoms with Crippen molar-refractivity contribution in [1.29, 1.82) is 0 Å². The number of aliphatic imine (C=N–C) groups is 1. The summed E-state index contributed by atoms with van der Waals surface area (Å²) in [5, 5.41) is 3.44. The van der Waals surface area contributed by atoms with E-state index >= 15 is 0 Å². The lowest BCUT2D eigenvalue weighted by Crippen LogP contribution is -2.52. The van der Waals surface area contributed by atoms with Crippen molar-refractivity contribution in [3.05, 3.63) is 17.7 Å². The molecule has 1 N–H and O–H groups in total. The monoisotopic (exact) mass is 438 g/mol. The van der Waals surface area contributed by atoms with Crippen LogP contribution in [0.5, 0.6) is 17.2 Å². The van der Waals surface area contributed by atoms with E-state index in [2.05, 4.69) is 20.1 Å². The van der Waals surface area contributed by atoms with Gasteiger partial charge in [0.1, 0.15) is 0 Å². The minimum Gasteiger partial charge on any atom is -0.493 e. The zero-order valence-electron chi connectivity index (χ0n) is 19.6. The highest BCUT2D eigenvalue weighted by molar-refractivity contribution is 5.79. The highest BCUT2D eigenvalue weighted by Crippen LogP contribution is 2.38. The highest BCUT2D eigenvalue weighted by Gasteiger charge is 2.21. The predicted molar refractivity (Wildman–Crippen MR) is 122 cm³/mol. The predicted octanol–water partition coefficient (Wildman–Crippen LogP) is 1.46. The van der Waals surface area contributed by atoms with Crippen molar-refractivity contribution in [2.45, 2.75) is 13.0 Å². The largest absolute Gasteiger partial charge is 0.493 e. The first-order valence-electron chi connectivity index (χ1n) is 10.7. The van der Waals surface area contributed by atoms with E-state index in [9.17, 15) is 0 Å². The van der Waals surface area contributed by atoms with Crippen molar-refractivity contribution in [1.82, 2.24) is 15.1 Å². The van der Waals surface area contributed by atoms with Crippen LogP contribution in [0, 0.1) is 0 Å². The standard InChI is InChI=1S/C22H38N4O5/c1-23-22(24-7-6-12-31-14-13-27-2)26-10-8-25(9-11-26)17-18-15-19(28-3)21(30-5)20(16-18)29-4/h15-16H,6-14,17H2,1-5H3,(H,23,24). The van der Waals surface area contributed by atoms with Gasteiger partial charge in [0, 0.05) is 60.0 Å². The van der Waals surface area contributed by atoms with Crippen LogP contribution in [0.3, 0.4) is 0 Å². The molecule has 1 aromatic rings. The molecule has 0 aromatic heterocycles. The van der Waals surface area contributed by atoms with E-state index in [4.69, 9.17) is 23.7 Å². The molecule has 31 heavy (non-hydrogen) atoms. The molecule has 0 spiro atoms. The van der Waals surface area contributed by atoms with Gasteiger partial charge in [0.2, 0.25) is 5.75 Å². The molecule has 2 rings (SSSR count). The van der Waals surface area contributed by atoms with Gasteiger partial charge < -0.3 is 33.9 Å². The smallest absolute Gasteiger partial charge is 0.203 e. The Morgan fingerprint density at radius 3 is 2.16 bits per heavy atom. The van der Waals surface area contributed by atoms with Crippen LogP contribution in [0.1, 0.15) is 12.0 Å². The lowest BCUT2D eigenvalue weighted by Gasteiger charge is -2.36. The van der Waals surface area contributed by atoms with Gasteiger partial charge >= 0.3 is 0 Å². The topological polar surface area (TPSA) is 77.0 Å².